The number of esters is 1. The molecule has 1 atom stereocenters. The summed E-state index contributed by atoms with van der Waals surface area (Å²) in [6, 6.07) is 17.0. The predicted molar refractivity (Wildman–Crippen MR) is 124 cm³/mol. The van der Waals surface area contributed by atoms with Gasteiger partial charge in [0, 0.05) is 57.7 Å². The highest BCUT2D eigenvalue weighted by Crippen LogP contribution is 2.28. The van der Waals surface area contributed by atoms with Gasteiger partial charge < -0.3 is 9.30 Å². The van der Waals surface area contributed by atoms with Gasteiger partial charge in [0.25, 0.3) is 0 Å². The first-order valence-corrected chi connectivity index (χ1v) is 10.9. The van der Waals surface area contributed by atoms with Crippen molar-refractivity contribution in [2.45, 2.75) is 12.6 Å². The Labute approximate surface area is 189 Å². The molecule has 3 aromatic rings. The third-order valence-electron chi connectivity index (χ3n) is 5.77. The first-order chi connectivity index (χ1) is 15.7. The molecule has 0 bridgehead atoms. The van der Waals surface area contributed by atoms with E-state index < -0.39 is 0 Å². The van der Waals surface area contributed by atoms with E-state index in [1.54, 1.807) is 12.4 Å². The minimum atomic E-state index is -0.378. The van der Waals surface area contributed by atoms with Gasteiger partial charge >= 0.3 is 5.97 Å². The van der Waals surface area contributed by atoms with Crippen molar-refractivity contribution in [3.05, 3.63) is 90.3 Å². The van der Waals surface area contributed by atoms with Gasteiger partial charge in [-0.15, -0.1) is 0 Å². The molecule has 0 aliphatic carbocycles. The summed E-state index contributed by atoms with van der Waals surface area (Å²) in [6.07, 6.45) is 8.68. The Morgan fingerprint density at radius 2 is 1.81 bits per heavy atom. The van der Waals surface area contributed by atoms with Gasteiger partial charge in [0.1, 0.15) is 0 Å². The molecule has 2 aromatic heterocycles. The van der Waals surface area contributed by atoms with Crippen LogP contribution in [0.3, 0.4) is 0 Å². The summed E-state index contributed by atoms with van der Waals surface area (Å²) >= 11 is 0. The monoisotopic (exact) mass is 431 g/mol. The van der Waals surface area contributed by atoms with Crippen LogP contribution in [0, 0.1) is 0 Å². The molecule has 166 valence electrons. The molecular weight excluding hydrogens is 402 g/mol. The molecule has 1 aromatic carbocycles. The maximum Gasteiger partial charge on any atom is 0.330 e. The van der Waals surface area contributed by atoms with Crippen LogP contribution in [0.25, 0.3) is 6.08 Å². The third-order valence-corrected chi connectivity index (χ3v) is 5.77. The molecule has 0 saturated carbocycles. The molecule has 0 N–H and O–H groups in total. The second-order valence-electron chi connectivity index (χ2n) is 7.84. The summed E-state index contributed by atoms with van der Waals surface area (Å²) in [5.41, 5.74) is 3.13. The Bertz CT molecular complexity index is 972. The molecule has 7 nitrogen and oxygen atoms in total. The number of ether oxygens (including phenoxy) is 1. The van der Waals surface area contributed by atoms with E-state index in [1.807, 2.05) is 18.5 Å². The summed E-state index contributed by atoms with van der Waals surface area (Å²) in [4.78, 5) is 25.2. The lowest BCUT2D eigenvalue weighted by Gasteiger charge is -2.39. The molecule has 1 aliphatic heterocycles. The average Bonchev–Trinajstić information content (AvgIpc) is 3.31. The standard InChI is InChI=1S/C25H29N5O2/c1-32-24(31)11-10-22-19-29(20-27-22)14-13-28-15-17-30(18-16-28)25(21-7-3-2-4-8-21)23-9-5-6-12-26-23/h2-12,19-20,25H,13-18H2,1H3/b11-10+. The Kier molecular flexibility index (Phi) is 7.42. The molecule has 4 rings (SSSR count). The molecular formula is C25H29N5O2. The van der Waals surface area contributed by atoms with E-state index in [9.17, 15) is 4.79 Å². The van der Waals surface area contributed by atoms with Crippen molar-refractivity contribution in [1.82, 2.24) is 24.3 Å². The van der Waals surface area contributed by atoms with Gasteiger partial charge in [-0.3, -0.25) is 14.8 Å². The Hall–Kier alpha value is -3.29. The van der Waals surface area contributed by atoms with Crippen LogP contribution in [0.1, 0.15) is 23.0 Å². The highest BCUT2D eigenvalue weighted by molar-refractivity contribution is 5.86. The van der Waals surface area contributed by atoms with E-state index >= 15 is 0 Å². The smallest absolute Gasteiger partial charge is 0.330 e. The summed E-state index contributed by atoms with van der Waals surface area (Å²) in [5.74, 6) is -0.378. The van der Waals surface area contributed by atoms with Crippen molar-refractivity contribution in [3.8, 4) is 0 Å². The number of aromatic nitrogens is 3. The number of hydrogen-bond acceptors (Lipinski definition) is 6. The minimum absolute atomic E-state index is 0.178. The fourth-order valence-corrected chi connectivity index (χ4v) is 4.05. The Morgan fingerprint density at radius 1 is 1.03 bits per heavy atom. The fraction of sp³-hybridized carbons (Fsp3) is 0.320. The molecule has 1 saturated heterocycles. The first kappa shape index (κ1) is 21.9. The van der Waals surface area contributed by atoms with Gasteiger partial charge in [-0.1, -0.05) is 36.4 Å². The van der Waals surface area contributed by atoms with Crippen molar-refractivity contribution in [2.24, 2.45) is 0 Å². The number of pyridine rings is 1. The lowest BCUT2D eigenvalue weighted by Crippen LogP contribution is -2.48. The van der Waals surface area contributed by atoms with Crippen molar-refractivity contribution in [3.63, 3.8) is 0 Å². The quantitative estimate of drug-likeness (QED) is 0.404. The number of piperazine rings is 1. The molecule has 32 heavy (non-hydrogen) atoms. The van der Waals surface area contributed by atoms with Crippen LogP contribution in [0.2, 0.25) is 0 Å². The van der Waals surface area contributed by atoms with Crippen molar-refractivity contribution < 1.29 is 9.53 Å². The second-order valence-corrected chi connectivity index (χ2v) is 7.84. The molecule has 0 radical (unpaired) electrons. The molecule has 7 heteroatoms. The molecule has 3 heterocycles. The lowest BCUT2D eigenvalue weighted by molar-refractivity contribution is -0.134. The Morgan fingerprint density at radius 3 is 2.53 bits per heavy atom. The van der Waals surface area contributed by atoms with Crippen LogP contribution in [-0.2, 0) is 16.1 Å². The van der Waals surface area contributed by atoms with Crippen LogP contribution in [0.5, 0.6) is 0 Å². The summed E-state index contributed by atoms with van der Waals surface area (Å²) in [6.45, 7) is 5.84. The number of benzene rings is 1. The topological polar surface area (TPSA) is 63.5 Å². The summed E-state index contributed by atoms with van der Waals surface area (Å²) in [5, 5.41) is 0. The van der Waals surface area contributed by atoms with E-state index in [0.717, 1.165) is 50.7 Å². The maximum absolute atomic E-state index is 11.2. The van der Waals surface area contributed by atoms with E-state index in [4.69, 9.17) is 0 Å². The zero-order chi connectivity index (χ0) is 22.2. The third kappa shape index (κ3) is 5.69. The van der Waals surface area contributed by atoms with Gasteiger partial charge in [0.15, 0.2) is 0 Å². The number of imidazole rings is 1. The fourth-order valence-electron chi connectivity index (χ4n) is 4.05. The molecule has 1 aliphatic rings. The summed E-state index contributed by atoms with van der Waals surface area (Å²) < 4.78 is 6.67. The van der Waals surface area contributed by atoms with Crippen LogP contribution in [0.15, 0.2) is 73.3 Å². The van der Waals surface area contributed by atoms with Crippen LogP contribution >= 0.6 is 0 Å². The van der Waals surface area contributed by atoms with Gasteiger partial charge in [-0.2, -0.15) is 0 Å². The maximum atomic E-state index is 11.2. The molecule has 1 fully saturated rings. The number of hydrogen-bond donors (Lipinski definition) is 0. The highest BCUT2D eigenvalue weighted by Gasteiger charge is 2.27. The van der Waals surface area contributed by atoms with E-state index in [-0.39, 0.29) is 12.0 Å². The van der Waals surface area contributed by atoms with Gasteiger partial charge in [-0.05, 0) is 23.8 Å². The Balaban J connectivity index is 1.33. The molecule has 0 spiro atoms. The number of carbonyl (C=O) groups is 1. The van der Waals surface area contributed by atoms with E-state index in [2.05, 4.69) is 71.5 Å². The summed E-state index contributed by atoms with van der Waals surface area (Å²) in [7, 11) is 1.36. The SMILES string of the molecule is COC(=O)/C=C/c1cn(CCN2CCN(C(c3ccccc3)c3ccccn3)CC2)cn1. The number of carbonyl (C=O) groups excluding carboxylic acids is 1. The van der Waals surface area contributed by atoms with Gasteiger partial charge in [0.2, 0.25) is 0 Å². The van der Waals surface area contributed by atoms with Gasteiger partial charge in [-0.25, -0.2) is 9.78 Å². The lowest BCUT2D eigenvalue weighted by atomic mass is 10.0. The van der Waals surface area contributed by atoms with E-state index in [1.165, 1.54) is 18.7 Å². The van der Waals surface area contributed by atoms with Crippen molar-refractivity contribution in [2.75, 3.05) is 39.8 Å². The zero-order valence-electron chi connectivity index (χ0n) is 18.4. The van der Waals surface area contributed by atoms with Crippen LogP contribution in [-0.4, -0.2) is 70.1 Å². The highest BCUT2D eigenvalue weighted by atomic mass is 16.5. The largest absolute Gasteiger partial charge is 0.466 e. The molecule has 1 unspecified atom stereocenters. The number of nitrogens with zero attached hydrogens (tertiary/aromatic N) is 5. The number of rotatable bonds is 8. The predicted octanol–water partition coefficient (Wildman–Crippen LogP) is 2.87. The van der Waals surface area contributed by atoms with Crippen molar-refractivity contribution >= 4 is 12.0 Å². The normalized spacial score (nSPS) is 16.3. The van der Waals surface area contributed by atoms with Crippen LogP contribution < -0.4 is 0 Å². The van der Waals surface area contributed by atoms with Crippen LogP contribution in [0.4, 0.5) is 0 Å². The second kappa shape index (κ2) is 10.8. The molecule has 0 amide bonds. The average molecular weight is 432 g/mol. The first-order valence-electron chi connectivity index (χ1n) is 10.9. The number of methoxy groups -OCH3 is 1. The van der Waals surface area contributed by atoms with E-state index in [0.29, 0.717) is 0 Å². The van der Waals surface area contributed by atoms with Gasteiger partial charge in [0.05, 0.1) is 30.9 Å². The minimum Gasteiger partial charge on any atom is -0.466 e. The van der Waals surface area contributed by atoms with Crippen molar-refractivity contribution in [1.29, 1.82) is 0 Å². The zero-order valence-corrected chi connectivity index (χ0v) is 18.4.